The Kier molecular flexibility index (Phi) is 3.69. The van der Waals surface area contributed by atoms with Gasteiger partial charge >= 0.3 is 0 Å². The van der Waals surface area contributed by atoms with E-state index < -0.39 is 0 Å². The summed E-state index contributed by atoms with van der Waals surface area (Å²) < 4.78 is 1.48. The number of amides is 1. The average Bonchev–Trinajstić information content (AvgIpc) is 2.86. The summed E-state index contributed by atoms with van der Waals surface area (Å²) in [5, 5.41) is 18.3. The topological polar surface area (TPSA) is 106 Å². The number of aromatic nitrogens is 2. The van der Waals surface area contributed by atoms with Crippen LogP contribution in [-0.4, -0.2) is 26.7 Å². The molecule has 0 spiro atoms. The van der Waals surface area contributed by atoms with Gasteiger partial charge in [0.15, 0.2) is 5.84 Å². The molecule has 2 rings (SSSR count). The molecule has 0 aliphatic carbocycles. The van der Waals surface area contributed by atoms with Gasteiger partial charge in [-0.25, -0.2) is 0 Å². The lowest BCUT2D eigenvalue weighted by Crippen LogP contribution is -2.18. The van der Waals surface area contributed by atoms with E-state index in [9.17, 15) is 4.79 Å². The van der Waals surface area contributed by atoms with E-state index in [1.807, 2.05) is 6.92 Å². The molecular formula is C13H15N5O2. The molecule has 4 N–H and O–H groups in total. The first-order chi connectivity index (χ1) is 9.52. The normalized spacial score (nSPS) is 11.4. The minimum Gasteiger partial charge on any atom is -0.409 e. The zero-order chi connectivity index (χ0) is 14.7. The Morgan fingerprint density at radius 2 is 2.20 bits per heavy atom. The molecule has 0 aliphatic rings. The van der Waals surface area contributed by atoms with E-state index in [0.29, 0.717) is 16.9 Å². The Morgan fingerprint density at radius 3 is 2.80 bits per heavy atom. The smallest absolute Gasteiger partial charge is 0.273 e. The molecule has 0 radical (unpaired) electrons. The molecular weight excluding hydrogens is 258 g/mol. The molecule has 1 amide bonds. The minimum atomic E-state index is -0.273. The van der Waals surface area contributed by atoms with Crippen molar-refractivity contribution >= 4 is 17.4 Å². The highest BCUT2D eigenvalue weighted by Gasteiger charge is 2.12. The Labute approximate surface area is 115 Å². The van der Waals surface area contributed by atoms with Crippen LogP contribution in [0.5, 0.6) is 0 Å². The molecule has 0 bridgehead atoms. The number of nitrogens with one attached hydrogen (secondary N) is 1. The van der Waals surface area contributed by atoms with E-state index in [4.69, 9.17) is 10.9 Å². The summed E-state index contributed by atoms with van der Waals surface area (Å²) >= 11 is 0. The van der Waals surface area contributed by atoms with Crippen molar-refractivity contribution < 1.29 is 10.0 Å². The standard InChI is InChI=1S/C13H15N5O2/c1-8-3-4-9(12(14)17-20)7-10(8)16-13(19)11-5-6-15-18(11)2/h3-7,20H,1-2H3,(H2,14,17)(H,16,19). The van der Waals surface area contributed by atoms with Crippen LogP contribution < -0.4 is 11.1 Å². The number of hydrogen-bond donors (Lipinski definition) is 3. The maximum Gasteiger partial charge on any atom is 0.273 e. The van der Waals surface area contributed by atoms with Crippen molar-refractivity contribution in [2.45, 2.75) is 6.92 Å². The monoisotopic (exact) mass is 273 g/mol. The first kappa shape index (κ1) is 13.6. The highest BCUT2D eigenvalue weighted by molar-refractivity contribution is 6.04. The number of oxime groups is 1. The minimum absolute atomic E-state index is 0.0129. The van der Waals surface area contributed by atoms with Gasteiger partial charge in [-0.15, -0.1) is 0 Å². The lowest BCUT2D eigenvalue weighted by molar-refractivity contribution is 0.101. The molecule has 0 atom stereocenters. The number of hydrogen-bond acceptors (Lipinski definition) is 4. The van der Waals surface area contributed by atoms with E-state index >= 15 is 0 Å². The van der Waals surface area contributed by atoms with Crippen molar-refractivity contribution in [2.75, 3.05) is 5.32 Å². The summed E-state index contributed by atoms with van der Waals surface area (Å²) in [5.41, 5.74) is 7.97. The summed E-state index contributed by atoms with van der Waals surface area (Å²) in [5.74, 6) is -0.286. The van der Waals surface area contributed by atoms with Crippen molar-refractivity contribution in [1.82, 2.24) is 9.78 Å². The molecule has 7 nitrogen and oxygen atoms in total. The fourth-order valence-corrected chi connectivity index (χ4v) is 1.76. The highest BCUT2D eigenvalue weighted by Crippen LogP contribution is 2.17. The molecule has 20 heavy (non-hydrogen) atoms. The van der Waals surface area contributed by atoms with Crippen LogP contribution in [0.2, 0.25) is 0 Å². The number of carbonyl (C=O) groups is 1. The maximum atomic E-state index is 12.1. The van der Waals surface area contributed by atoms with E-state index in [0.717, 1.165) is 5.56 Å². The van der Waals surface area contributed by atoms with Gasteiger partial charge in [-0.3, -0.25) is 9.48 Å². The van der Waals surface area contributed by atoms with Crippen LogP contribution in [0, 0.1) is 6.92 Å². The molecule has 0 aliphatic heterocycles. The predicted octanol–water partition coefficient (Wildman–Crippen LogP) is 1.08. The van der Waals surface area contributed by atoms with Gasteiger partial charge in [0.25, 0.3) is 5.91 Å². The van der Waals surface area contributed by atoms with Crippen LogP contribution in [0.1, 0.15) is 21.6 Å². The first-order valence-electron chi connectivity index (χ1n) is 5.91. The van der Waals surface area contributed by atoms with Crippen molar-refractivity contribution in [3.05, 3.63) is 47.3 Å². The van der Waals surface area contributed by atoms with Crippen LogP contribution in [0.3, 0.4) is 0 Å². The van der Waals surface area contributed by atoms with E-state index in [2.05, 4.69) is 15.6 Å². The number of rotatable bonds is 3. The third kappa shape index (κ3) is 2.61. The van der Waals surface area contributed by atoms with Gasteiger partial charge in [0.05, 0.1) is 0 Å². The van der Waals surface area contributed by atoms with Crippen molar-refractivity contribution in [1.29, 1.82) is 0 Å². The van der Waals surface area contributed by atoms with Crippen LogP contribution in [0.25, 0.3) is 0 Å². The lowest BCUT2D eigenvalue weighted by Gasteiger charge is -2.10. The molecule has 1 aromatic heterocycles. The van der Waals surface area contributed by atoms with E-state index in [-0.39, 0.29) is 11.7 Å². The highest BCUT2D eigenvalue weighted by atomic mass is 16.4. The third-order valence-electron chi connectivity index (χ3n) is 2.94. The summed E-state index contributed by atoms with van der Waals surface area (Å²) in [6.45, 7) is 1.86. The quantitative estimate of drug-likeness (QED) is 0.336. The van der Waals surface area contributed by atoms with Gasteiger partial charge in [0, 0.05) is 24.5 Å². The molecule has 7 heteroatoms. The number of nitrogens with zero attached hydrogens (tertiary/aromatic N) is 3. The van der Waals surface area contributed by atoms with Crippen molar-refractivity contribution in [3.8, 4) is 0 Å². The molecule has 2 aromatic rings. The van der Waals surface area contributed by atoms with E-state index in [1.165, 1.54) is 4.68 Å². The molecule has 0 unspecified atom stereocenters. The number of benzene rings is 1. The number of amidine groups is 1. The van der Waals surface area contributed by atoms with Gasteiger partial charge in [-0.1, -0.05) is 17.3 Å². The Balaban J connectivity index is 2.29. The summed E-state index contributed by atoms with van der Waals surface area (Å²) in [6.07, 6.45) is 1.55. The Bertz CT molecular complexity index is 675. The molecule has 104 valence electrons. The van der Waals surface area contributed by atoms with Gasteiger partial charge in [0.1, 0.15) is 5.69 Å². The maximum absolute atomic E-state index is 12.1. The number of carbonyl (C=O) groups excluding carboxylic acids is 1. The van der Waals surface area contributed by atoms with Crippen molar-refractivity contribution in [2.24, 2.45) is 17.9 Å². The fraction of sp³-hybridized carbons (Fsp3) is 0.154. The van der Waals surface area contributed by atoms with Crippen molar-refractivity contribution in [3.63, 3.8) is 0 Å². The summed E-state index contributed by atoms with van der Waals surface area (Å²) in [6, 6.07) is 6.77. The van der Waals surface area contributed by atoms with Gasteiger partial charge in [-0.05, 0) is 24.6 Å². The molecule has 0 saturated carbocycles. The second kappa shape index (κ2) is 5.43. The van der Waals surface area contributed by atoms with Crippen LogP contribution in [-0.2, 0) is 7.05 Å². The zero-order valence-electron chi connectivity index (χ0n) is 11.2. The summed E-state index contributed by atoms with van der Waals surface area (Å²) in [7, 11) is 1.69. The molecule has 1 aromatic carbocycles. The Morgan fingerprint density at radius 1 is 1.45 bits per heavy atom. The Hall–Kier alpha value is -2.83. The second-order valence-electron chi connectivity index (χ2n) is 4.31. The largest absolute Gasteiger partial charge is 0.409 e. The van der Waals surface area contributed by atoms with Gasteiger partial charge in [0.2, 0.25) is 0 Å². The number of aryl methyl sites for hydroxylation is 2. The lowest BCUT2D eigenvalue weighted by atomic mass is 10.1. The SMILES string of the molecule is Cc1ccc(C(N)=NO)cc1NC(=O)c1ccnn1C. The first-order valence-corrected chi connectivity index (χ1v) is 5.91. The van der Waals surface area contributed by atoms with Gasteiger partial charge in [-0.2, -0.15) is 5.10 Å². The fourth-order valence-electron chi connectivity index (χ4n) is 1.76. The van der Waals surface area contributed by atoms with Crippen LogP contribution >= 0.6 is 0 Å². The van der Waals surface area contributed by atoms with Crippen LogP contribution in [0.15, 0.2) is 35.6 Å². The van der Waals surface area contributed by atoms with E-state index in [1.54, 1.807) is 37.5 Å². The van der Waals surface area contributed by atoms with Crippen LogP contribution in [0.4, 0.5) is 5.69 Å². The third-order valence-corrected chi connectivity index (χ3v) is 2.94. The predicted molar refractivity (Wildman–Crippen MR) is 74.9 cm³/mol. The zero-order valence-corrected chi connectivity index (χ0v) is 11.2. The summed E-state index contributed by atoms with van der Waals surface area (Å²) in [4.78, 5) is 12.1. The van der Waals surface area contributed by atoms with Gasteiger partial charge < -0.3 is 16.3 Å². The molecule has 1 heterocycles. The average molecular weight is 273 g/mol. The number of nitrogens with two attached hydrogens (primary N) is 1. The second-order valence-corrected chi connectivity index (χ2v) is 4.31. The number of anilines is 1. The molecule has 0 saturated heterocycles. The molecule has 0 fully saturated rings.